The number of halogens is 2. The lowest BCUT2D eigenvalue weighted by molar-refractivity contribution is -0.122. The average molecular weight is 511 g/mol. The van der Waals surface area contributed by atoms with Gasteiger partial charge in [-0.3, -0.25) is 4.79 Å². The Morgan fingerprint density at radius 2 is 1.80 bits per heavy atom. The van der Waals surface area contributed by atoms with Crippen LogP contribution in [0.1, 0.15) is 46.2 Å². The molecule has 1 atom stereocenters. The standard InChI is InChI=1S/C15H19BrClN3O3.C2H6O.C2H6.CH2O/c1-15(2,3)23-14(22)19-4-5-20(9-21)11(8-19)10-6-12(16)18-13(17)7-10;1-3-2;2*1-2/h6-7,9,11H,4-5,8H2,1-3H3;1-2H3;1-2H3;1H2. The van der Waals surface area contributed by atoms with Gasteiger partial charge in [0.1, 0.15) is 22.1 Å². The van der Waals surface area contributed by atoms with Gasteiger partial charge < -0.3 is 24.1 Å². The molecule has 0 bridgehead atoms. The zero-order valence-corrected chi connectivity index (χ0v) is 21.1. The topological polar surface area (TPSA) is 89.0 Å². The number of ether oxygens (including phenoxy) is 2. The number of amides is 2. The first-order chi connectivity index (χ1) is 14.1. The van der Waals surface area contributed by atoms with Crippen molar-refractivity contribution in [2.24, 2.45) is 0 Å². The van der Waals surface area contributed by atoms with Crippen LogP contribution in [0.15, 0.2) is 16.7 Å². The molecule has 2 amide bonds. The fraction of sp³-hybridized carbons (Fsp3) is 0.600. The fourth-order valence-corrected chi connectivity index (χ4v) is 3.16. The summed E-state index contributed by atoms with van der Waals surface area (Å²) in [6.45, 7) is 12.7. The third-order valence-corrected chi connectivity index (χ3v) is 3.98. The van der Waals surface area contributed by atoms with Crippen LogP contribution in [0.4, 0.5) is 4.79 Å². The Bertz CT molecular complexity index is 623. The minimum atomic E-state index is -0.558. The molecular formula is C20H33BrClN3O5. The van der Waals surface area contributed by atoms with E-state index in [1.54, 1.807) is 36.2 Å². The predicted molar refractivity (Wildman–Crippen MR) is 122 cm³/mol. The second-order valence-corrected chi connectivity index (χ2v) is 7.94. The Morgan fingerprint density at radius 1 is 1.27 bits per heavy atom. The van der Waals surface area contributed by atoms with Crippen LogP contribution in [0.25, 0.3) is 0 Å². The second kappa shape index (κ2) is 16.0. The molecule has 10 heteroatoms. The van der Waals surface area contributed by atoms with Crippen molar-refractivity contribution in [2.75, 3.05) is 33.9 Å². The lowest BCUT2D eigenvalue weighted by Crippen LogP contribution is -2.51. The van der Waals surface area contributed by atoms with E-state index in [1.807, 2.05) is 41.4 Å². The van der Waals surface area contributed by atoms with E-state index >= 15 is 0 Å². The lowest BCUT2D eigenvalue weighted by atomic mass is 10.0. The summed E-state index contributed by atoms with van der Waals surface area (Å²) in [5, 5.41) is 0.328. The molecule has 8 nitrogen and oxygen atoms in total. The summed E-state index contributed by atoms with van der Waals surface area (Å²) in [6, 6.07) is 3.21. The van der Waals surface area contributed by atoms with E-state index in [2.05, 4.69) is 25.7 Å². The molecule has 2 heterocycles. The first-order valence-electron chi connectivity index (χ1n) is 9.32. The Kier molecular flexibility index (Phi) is 16.3. The third kappa shape index (κ3) is 11.5. The van der Waals surface area contributed by atoms with Crippen LogP contribution in [0.5, 0.6) is 0 Å². The summed E-state index contributed by atoms with van der Waals surface area (Å²) >= 11 is 9.29. The molecule has 0 radical (unpaired) electrons. The van der Waals surface area contributed by atoms with Crippen molar-refractivity contribution < 1.29 is 23.9 Å². The molecule has 1 aliphatic heterocycles. The molecule has 0 aromatic carbocycles. The summed E-state index contributed by atoms with van der Waals surface area (Å²) in [5.41, 5.74) is 0.259. The zero-order chi connectivity index (χ0) is 23.9. The van der Waals surface area contributed by atoms with E-state index in [0.717, 1.165) is 12.0 Å². The van der Waals surface area contributed by atoms with E-state index in [4.69, 9.17) is 21.1 Å². The first kappa shape index (κ1) is 30.5. The van der Waals surface area contributed by atoms with Gasteiger partial charge in [-0.25, -0.2) is 9.78 Å². The summed E-state index contributed by atoms with van der Waals surface area (Å²) in [7, 11) is 3.25. The van der Waals surface area contributed by atoms with Crippen molar-refractivity contribution in [1.82, 2.24) is 14.8 Å². The molecule has 1 aromatic heterocycles. The molecule has 0 N–H and O–H groups in total. The number of carbonyl (C=O) groups is 3. The van der Waals surface area contributed by atoms with Crippen molar-refractivity contribution in [1.29, 1.82) is 0 Å². The molecule has 1 aliphatic rings. The van der Waals surface area contributed by atoms with Crippen LogP contribution < -0.4 is 0 Å². The zero-order valence-electron chi connectivity index (χ0n) is 18.8. The molecule has 0 spiro atoms. The molecule has 0 saturated carbocycles. The Labute approximate surface area is 193 Å². The highest BCUT2D eigenvalue weighted by molar-refractivity contribution is 9.10. The molecule has 1 saturated heterocycles. The SMILES string of the molecule is C=O.CC.CC(C)(C)OC(=O)N1CCN(C=O)C(c2cc(Cl)nc(Br)c2)C1.COC. The smallest absolute Gasteiger partial charge is 0.410 e. The number of carbonyl (C=O) groups excluding carboxylic acids is 3. The van der Waals surface area contributed by atoms with Gasteiger partial charge in [0, 0.05) is 33.9 Å². The molecule has 1 aromatic rings. The number of aromatic nitrogens is 1. The van der Waals surface area contributed by atoms with Crippen LogP contribution in [-0.4, -0.2) is 73.5 Å². The van der Waals surface area contributed by atoms with Crippen LogP contribution in [-0.2, 0) is 19.1 Å². The summed E-state index contributed by atoms with van der Waals surface area (Å²) in [5.74, 6) is 0. The first-order valence-corrected chi connectivity index (χ1v) is 10.5. The monoisotopic (exact) mass is 509 g/mol. The van der Waals surface area contributed by atoms with Crippen molar-refractivity contribution in [3.05, 3.63) is 27.5 Å². The van der Waals surface area contributed by atoms with E-state index in [-0.39, 0.29) is 12.1 Å². The highest BCUT2D eigenvalue weighted by Crippen LogP contribution is 2.28. The molecular weight excluding hydrogens is 478 g/mol. The van der Waals surface area contributed by atoms with Gasteiger partial charge in [-0.2, -0.15) is 0 Å². The number of hydrogen-bond donors (Lipinski definition) is 0. The molecule has 1 unspecified atom stereocenters. The van der Waals surface area contributed by atoms with E-state index < -0.39 is 5.60 Å². The van der Waals surface area contributed by atoms with E-state index in [1.165, 1.54) is 0 Å². The Balaban J connectivity index is 0. The van der Waals surface area contributed by atoms with Crippen molar-refractivity contribution in [2.45, 2.75) is 46.3 Å². The maximum Gasteiger partial charge on any atom is 0.410 e. The molecule has 30 heavy (non-hydrogen) atoms. The average Bonchev–Trinajstić information content (AvgIpc) is 2.69. The highest BCUT2D eigenvalue weighted by Gasteiger charge is 2.32. The summed E-state index contributed by atoms with van der Waals surface area (Å²) in [6.07, 6.45) is 0.409. The normalized spacial score (nSPS) is 15.3. The number of pyridine rings is 1. The second-order valence-electron chi connectivity index (χ2n) is 6.74. The van der Waals surface area contributed by atoms with Gasteiger partial charge >= 0.3 is 6.09 Å². The molecule has 172 valence electrons. The predicted octanol–water partition coefficient (Wildman–Crippen LogP) is 4.35. The van der Waals surface area contributed by atoms with Crippen LogP contribution in [0.2, 0.25) is 5.15 Å². The molecule has 1 fully saturated rings. The van der Waals surface area contributed by atoms with Crippen molar-refractivity contribution in [3.8, 4) is 0 Å². The van der Waals surface area contributed by atoms with Crippen LogP contribution >= 0.6 is 27.5 Å². The largest absolute Gasteiger partial charge is 0.444 e. The fourth-order valence-electron chi connectivity index (χ4n) is 2.39. The number of hydrogen-bond acceptors (Lipinski definition) is 6. The summed E-state index contributed by atoms with van der Waals surface area (Å²) in [4.78, 5) is 38.9. The van der Waals surface area contributed by atoms with E-state index in [0.29, 0.717) is 29.4 Å². The van der Waals surface area contributed by atoms with Crippen molar-refractivity contribution in [3.63, 3.8) is 0 Å². The quantitative estimate of drug-likeness (QED) is 0.434. The van der Waals surface area contributed by atoms with Gasteiger partial charge in [0.05, 0.1) is 6.04 Å². The minimum absolute atomic E-state index is 0.287. The highest BCUT2D eigenvalue weighted by atomic mass is 79.9. The number of nitrogens with zero attached hydrogens (tertiary/aromatic N) is 3. The van der Waals surface area contributed by atoms with Gasteiger partial charge in [0.2, 0.25) is 6.41 Å². The molecule has 0 aliphatic carbocycles. The maximum absolute atomic E-state index is 12.3. The Morgan fingerprint density at radius 3 is 2.23 bits per heavy atom. The van der Waals surface area contributed by atoms with Crippen LogP contribution in [0, 0.1) is 0 Å². The maximum atomic E-state index is 12.3. The van der Waals surface area contributed by atoms with Gasteiger partial charge in [-0.05, 0) is 54.4 Å². The minimum Gasteiger partial charge on any atom is -0.444 e. The third-order valence-electron chi connectivity index (χ3n) is 3.38. The van der Waals surface area contributed by atoms with Gasteiger partial charge in [-0.15, -0.1) is 0 Å². The van der Waals surface area contributed by atoms with Crippen LogP contribution in [0.3, 0.4) is 0 Å². The summed E-state index contributed by atoms with van der Waals surface area (Å²) < 4.78 is 10.2. The number of piperazine rings is 1. The Hall–Kier alpha value is -1.71. The molecule has 2 rings (SSSR count). The number of rotatable bonds is 2. The van der Waals surface area contributed by atoms with Gasteiger partial charge in [-0.1, -0.05) is 25.4 Å². The lowest BCUT2D eigenvalue weighted by Gasteiger charge is -2.40. The van der Waals surface area contributed by atoms with E-state index in [9.17, 15) is 9.59 Å². The number of methoxy groups -OCH3 is 1. The van der Waals surface area contributed by atoms with Crippen molar-refractivity contribution >= 4 is 46.8 Å². The van der Waals surface area contributed by atoms with Gasteiger partial charge in [0.15, 0.2) is 0 Å². The van der Waals surface area contributed by atoms with Gasteiger partial charge in [0.25, 0.3) is 0 Å².